The highest BCUT2D eigenvalue weighted by molar-refractivity contribution is 5.86. The first-order chi connectivity index (χ1) is 7.27. The third-order valence-electron chi connectivity index (χ3n) is 1.96. The maximum atomic E-state index is 11.4. The van der Waals surface area contributed by atoms with Crippen molar-refractivity contribution in [2.24, 2.45) is 5.73 Å². The fraction of sp³-hybridized carbons (Fsp3) is 0.600. The van der Waals surface area contributed by atoms with Crippen molar-refractivity contribution in [3.8, 4) is 0 Å². The molecule has 0 fully saturated rings. The van der Waals surface area contributed by atoms with Gasteiger partial charge in [0.15, 0.2) is 5.69 Å². The summed E-state index contributed by atoms with van der Waals surface area (Å²) in [6.07, 6.45) is 5.13. The average Bonchev–Trinajstić information content (AvgIpc) is 2.67. The van der Waals surface area contributed by atoms with E-state index in [-0.39, 0.29) is 5.97 Å². The first-order valence-electron chi connectivity index (χ1n) is 5.17. The Morgan fingerprint density at radius 3 is 3.13 bits per heavy atom. The summed E-state index contributed by atoms with van der Waals surface area (Å²) in [7, 11) is 0. The van der Waals surface area contributed by atoms with Crippen molar-refractivity contribution in [3.05, 3.63) is 18.2 Å². The van der Waals surface area contributed by atoms with Gasteiger partial charge in [-0.2, -0.15) is 0 Å². The standard InChI is InChI=1S/C10H17N3O2/c1-2-3-6-15-10(14)9-7-13(5-4-11)8-12-9/h7-8H,2-6,11H2,1H3. The van der Waals surface area contributed by atoms with Crippen molar-refractivity contribution in [2.75, 3.05) is 13.2 Å². The van der Waals surface area contributed by atoms with Crippen molar-refractivity contribution >= 4 is 5.97 Å². The number of unbranched alkanes of at least 4 members (excludes halogenated alkanes) is 1. The van der Waals surface area contributed by atoms with Crippen LogP contribution in [0, 0.1) is 0 Å². The number of imidazole rings is 1. The van der Waals surface area contributed by atoms with Crippen molar-refractivity contribution in [2.45, 2.75) is 26.3 Å². The van der Waals surface area contributed by atoms with Crippen LogP contribution in [-0.4, -0.2) is 28.7 Å². The van der Waals surface area contributed by atoms with Crippen LogP contribution in [-0.2, 0) is 11.3 Å². The number of rotatable bonds is 6. The number of hydrogen-bond acceptors (Lipinski definition) is 4. The Labute approximate surface area is 89.2 Å². The molecular formula is C10H17N3O2. The van der Waals surface area contributed by atoms with Crippen molar-refractivity contribution in [1.82, 2.24) is 9.55 Å². The highest BCUT2D eigenvalue weighted by Gasteiger charge is 2.09. The van der Waals surface area contributed by atoms with Gasteiger partial charge in [-0.05, 0) is 6.42 Å². The molecule has 0 saturated heterocycles. The molecule has 0 bridgehead atoms. The maximum absolute atomic E-state index is 11.4. The molecule has 0 amide bonds. The van der Waals surface area contributed by atoms with E-state index in [1.807, 2.05) is 6.92 Å². The molecule has 15 heavy (non-hydrogen) atoms. The van der Waals surface area contributed by atoms with E-state index in [1.165, 1.54) is 0 Å². The van der Waals surface area contributed by atoms with E-state index in [0.717, 1.165) is 12.8 Å². The monoisotopic (exact) mass is 211 g/mol. The van der Waals surface area contributed by atoms with E-state index in [2.05, 4.69) is 4.98 Å². The second-order valence-corrected chi connectivity index (χ2v) is 3.27. The van der Waals surface area contributed by atoms with Gasteiger partial charge in [0, 0.05) is 19.3 Å². The second-order valence-electron chi connectivity index (χ2n) is 3.27. The van der Waals surface area contributed by atoms with E-state index in [9.17, 15) is 4.79 Å². The lowest BCUT2D eigenvalue weighted by Crippen LogP contribution is -2.09. The summed E-state index contributed by atoms with van der Waals surface area (Å²) in [5, 5.41) is 0. The van der Waals surface area contributed by atoms with Crippen LogP contribution in [0.25, 0.3) is 0 Å². The molecular weight excluding hydrogens is 194 g/mol. The Morgan fingerprint density at radius 2 is 2.47 bits per heavy atom. The van der Waals surface area contributed by atoms with Crippen LogP contribution in [0.5, 0.6) is 0 Å². The van der Waals surface area contributed by atoms with E-state index in [4.69, 9.17) is 10.5 Å². The van der Waals surface area contributed by atoms with Gasteiger partial charge < -0.3 is 15.0 Å². The Bertz CT molecular complexity index is 309. The zero-order chi connectivity index (χ0) is 11.1. The zero-order valence-electron chi connectivity index (χ0n) is 8.98. The first-order valence-corrected chi connectivity index (χ1v) is 5.17. The van der Waals surface area contributed by atoms with Gasteiger partial charge in [-0.15, -0.1) is 0 Å². The number of carbonyl (C=O) groups excluding carboxylic acids is 1. The Balaban J connectivity index is 2.43. The lowest BCUT2D eigenvalue weighted by Gasteiger charge is -2.00. The number of nitrogens with zero attached hydrogens (tertiary/aromatic N) is 2. The Hall–Kier alpha value is -1.36. The molecule has 1 heterocycles. The Kier molecular flexibility index (Phi) is 4.83. The summed E-state index contributed by atoms with van der Waals surface area (Å²) in [5.74, 6) is -0.362. The van der Waals surface area contributed by atoms with Gasteiger partial charge >= 0.3 is 5.97 Å². The van der Waals surface area contributed by atoms with E-state index in [0.29, 0.717) is 25.4 Å². The fourth-order valence-corrected chi connectivity index (χ4v) is 1.12. The molecule has 0 aliphatic rings. The van der Waals surface area contributed by atoms with Crippen molar-refractivity contribution < 1.29 is 9.53 Å². The van der Waals surface area contributed by atoms with Gasteiger partial charge in [0.2, 0.25) is 0 Å². The van der Waals surface area contributed by atoms with Gasteiger partial charge in [-0.25, -0.2) is 9.78 Å². The van der Waals surface area contributed by atoms with Crippen LogP contribution in [0.15, 0.2) is 12.5 Å². The fourth-order valence-electron chi connectivity index (χ4n) is 1.12. The largest absolute Gasteiger partial charge is 0.461 e. The molecule has 0 aromatic carbocycles. The van der Waals surface area contributed by atoms with E-state index in [1.54, 1.807) is 17.1 Å². The van der Waals surface area contributed by atoms with Gasteiger partial charge in [0.1, 0.15) is 0 Å². The van der Waals surface area contributed by atoms with Crippen molar-refractivity contribution in [1.29, 1.82) is 0 Å². The predicted octanol–water partition coefficient (Wildman–Crippen LogP) is 0.799. The van der Waals surface area contributed by atoms with Gasteiger partial charge in [0.25, 0.3) is 0 Å². The van der Waals surface area contributed by atoms with Gasteiger partial charge in [-0.1, -0.05) is 13.3 Å². The van der Waals surface area contributed by atoms with Crippen LogP contribution in [0.2, 0.25) is 0 Å². The van der Waals surface area contributed by atoms with Gasteiger partial charge in [-0.3, -0.25) is 0 Å². The summed E-state index contributed by atoms with van der Waals surface area (Å²) in [6, 6.07) is 0. The number of esters is 1. The minimum atomic E-state index is -0.362. The molecule has 0 saturated carbocycles. The molecule has 1 aromatic rings. The molecule has 0 radical (unpaired) electrons. The molecule has 1 aromatic heterocycles. The number of aromatic nitrogens is 2. The third-order valence-corrected chi connectivity index (χ3v) is 1.96. The highest BCUT2D eigenvalue weighted by Crippen LogP contribution is 2.00. The average molecular weight is 211 g/mol. The lowest BCUT2D eigenvalue weighted by molar-refractivity contribution is 0.0493. The van der Waals surface area contributed by atoms with Crippen LogP contribution in [0.3, 0.4) is 0 Å². The summed E-state index contributed by atoms with van der Waals surface area (Å²) in [5.41, 5.74) is 5.73. The van der Waals surface area contributed by atoms with Crippen LogP contribution in [0.1, 0.15) is 30.3 Å². The molecule has 84 valence electrons. The normalized spacial score (nSPS) is 10.3. The number of carbonyl (C=O) groups is 1. The topological polar surface area (TPSA) is 70.1 Å². The minimum absolute atomic E-state index is 0.347. The van der Waals surface area contributed by atoms with Gasteiger partial charge in [0.05, 0.1) is 12.9 Å². The Morgan fingerprint density at radius 1 is 1.67 bits per heavy atom. The quantitative estimate of drug-likeness (QED) is 0.558. The molecule has 0 aliphatic carbocycles. The lowest BCUT2D eigenvalue weighted by atomic mass is 10.4. The van der Waals surface area contributed by atoms with E-state index < -0.39 is 0 Å². The molecule has 5 heteroatoms. The molecule has 2 N–H and O–H groups in total. The molecule has 0 aliphatic heterocycles. The zero-order valence-corrected chi connectivity index (χ0v) is 8.98. The second kappa shape index (κ2) is 6.19. The third kappa shape index (κ3) is 3.71. The van der Waals surface area contributed by atoms with Crippen LogP contribution in [0.4, 0.5) is 0 Å². The number of nitrogens with two attached hydrogens (primary N) is 1. The summed E-state index contributed by atoms with van der Waals surface area (Å²) < 4.78 is 6.79. The molecule has 5 nitrogen and oxygen atoms in total. The first kappa shape index (κ1) is 11.7. The molecule has 0 unspecified atom stereocenters. The van der Waals surface area contributed by atoms with Crippen molar-refractivity contribution in [3.63, 3.8) is 0 Å². The smallest absolute Gasteiger partial charge is 0.358 e. The summed E-state index contributed by atoms with van der Waals surface area (Å²) in [4.78, 5) is 15.4. The summed E-state index contributed by atoms with van der Waals surface area (Å²) >= 11 is 0. The van der Waals surface area contributed by atoms with E-state index >= 15 is 0 Å². The number of hydrogen-bond donors (Lipinski definition) is 1. The highest BCUT2D eigenvalue weighted by atomic mass is 16.5. The molecule has 1 rings (SSSR count). The maximum Gasteiger partial charge on any atom is 0.358 e. The SMILES string of the molecule is CCCCOC(=O)c1cn(CCN)cn1. The minimum Gasteiger partial charge on any atom is -0.461 e. The number of ether oxygens (including phenoxy) is 1. The molecule has 0 atom stereocenters. The van der Waals surface area contributed by atoms with Crippen LogP contribution >= 0.6 is 0 Å². The molecule has 0 spiro atoms. The van der Waals surface area contributed by atoms with Crippen LogP contribution < -0.4 is 5.73 Å². The summed E-state index contributed by atoms with van der Waals surface area (Å²) in [6.45, 7) is 3.69. The predicted molar refractivity (Wildman–Crippen MR) is 56.5 cm³/mol.